The van der Waals surface area contributed by atoms with Gasteiger partial charge in [0.2, 0.25) is 15.9 Å². The van der Waals surface area contributed by atoms with Crippen molar-refractivity contribution in [1.29, 1.82) is 0 Å². The zero-order chi connectivity index (χ0) is 26.2. The minimum Gasteiger partial charge on any atom is -0.340 e. The number of amides is 1. The molecule has 37 heavy (non-hydrogen) atoms. The topological polar surface area (TPSA) is 60.9 Å². The zero-order valence-electron chi connectivity index (χ0n) is 20.5. The van der Waals surface area contributed by atoms with Crippen LogP contribution in [0.5, 0.6) is 0 Å². The molecule has 3 heterocycles. The molecule has 2 aromatic carbocycles. The summed E-state index contributed by atoms with van der Waals surface area (Å²) in [6, 6.07) is 14.5. The summed E-state index contributed by atoms with van der Waals surface area (Å²) in [5.74, 6) is -0.263. The number of piperazine rings is 1. The van der Waals surface area contributed by atoms with Gasteiger partial charge in [0.15, 0.2) is 0 Å². The van der Waals surface area contributed by atoms with Crippen LogP contribution in [0.3, 0.4) is 0 Å². The first-order valence-corrected chi connectivity index (χ1v) is 15.0. The van der Waals surface area contributed by atoms with Crippen LogP contribution >= 0.6 is 22.9 Å². The van der Waals surface area contributed by atoms with Gasteiger partial charge in [-0.2, -0.15) is 4.31 Å². The van der Waals surface area contributed by atoms with E-state index in [4.69, 9.17) is 11.6 Å². The lowest BCUT2D eigenvalue weighted by Crippen LogP contribution is -2.55. The van der Waals surface area contributed by atoms with E-state index in [9.17, 15) is 17.6 Å². The minimum atomic E-state index is -3.67. The van der Waals surface area contributed by atoms with Gasteiger partial charge in [0.1, 0.15) is 5.82 Å². The van der Waals surface area contributed by atoms with Crippen LogP contribution in [0.15, 0.2) is 64.9 Å². The molecule has 196 valence electrons. The Labute approximate surface area is 226 Å². The second-order valence-electron chi connectivity index (χ2n) is 9.55. The van der Waals surface area contributed by atoms with Crippen molar-refractivity contribution in [2.75, 3.05) is 32.7 Å². The molecule has 2 atom stereocenters. The van der Waals surface area contributed by atoms with E-state index in [0.717, 1.165) is 18.5 Å². The molecule has 0 unspecified atom stereocenters. The molecule has 10 heteroatoms. The summed E-state index contributed by atoms with van der Waals surface area (Å²) in [5.41, 5.74) is 2.07. The number of fused-ring (bicyclic) bond motifs is 1. The molecule has 1 fully saturated rings. The standard InChI is InChI=1S/C27H29ClFN3O3S2/c1-19-18-31(14-15-32(19)37(34,35)23-7-5-21(28)6-8-23)26(33)10-13-30-12-9-25-24(11-16-36-25)27(30)20-3-2-4-22(29)17-20/h2-8,11,16-17,19,27H,9-10,12-15,18H2,1H3/t19-,27+/m0/s1. The molecule has 2 aliphatic rings. The predicted molar refractivity (Wildman–Crippen MR) is 144 cm³/mol. The summed E-state index contributed by atoms with van der Waals surface area (Å²) in [5, 5.41) is 2.55. The summed E-state index contributed by atoms with van der Waals surface area (Å²) in [7, 11) is -3.67. The van der Waals surface area contributed by atoms with Crippen LogP contribution < -0.4 is 0 Å². The van der Waals surface area contributed by atoms with E-state index in [-0.39, 0.29) is 35.2 Å². The maximum Gasteiger partial charge on any atom is 0.243 e. The summed E-state index contributed by atoms with van der Waals surface area (Å²) >= 11 is 7.64. The molecule has 0 aliphatic carbocycles. The van der Waals surface area contributed by atoms with Gasteiger partial charge in [0.05, 0.1) is 10.9 Å². The smallest absolute Gasteiger partial charge is 0.243 e. The van der Waals surface area contributed by atoms with Crippen molar-refractivity contribution >= 4 is 38.9 Å². The molecule has 0 spiro atoms. The highest BCUT2D eigenvalue weighted by Gasteiger charge is 2.36. The molecule has 2 aliphatic heterocycles. The Balaban J connectivity index is 1.24. The third kappa shape index (κ3) is 5.47. The second kappa shape index (κ2) is 10.8. The Kier molecular flexibility index (Phi) is 7.70. The van der Waals surface area contributed by atoms with Crippen molar-refractivity contribution < 1.29 is 17.6 Å². The van der Waals surface area contributed by atoms with Crippen LogP contribution in [0.25, 0.3) is 0 Å². The molecule has 0 saturated carbocycles. The van der Waals surface area contributed by atoms with E-state index in [2.05, 4.69) is 16.3 Å². The number of rotatable bonds is 6. The average Bonchev–Trinajstić information content (AvgIpc) is 3.36. The first-order chi connectivity index (χ1) is 17.7. The third-order valence-corrected chi connectivity index (χ3v) is 10.5. The lowest BCUT2D eigenvalue weighted by Gasteiger charge is -2.40. The van der Waals surface area contributed by atoms with E-state index in [1.54, 1.807) is 40.5 Å². The number of thiophene rings is 1. The van der Waals surface area contributed by atoms with Crippen molar-refractivity contribution in [3.8, 4) is 0 Å². The number of hydrogen-bond acceptors (Lipinski definition) is 5. The number of carbonyl (C=O) groups is 1. The first kappa shape index (κ1) is 26.3. The SMILES string of the molecule is C[C@H]1CN(C(=O)CCN2CCc3sccc3[C@H]2c2cccc(F)c2)CCN1S(=O)(=O)c1ccc(Cl)cc1. The monoisotopic (exact) mass is 561 g/mol. The minimum absolute atomic E-state index is 0.00417. The second-order valence-corrected chi connectivity index (χ2v) is 12.9. The van der Waals surface area contributed by atoms with Gasteiger partial charge in [0.25, 0.3) is 0 Å². The van der Waals surface area contributed by atoms with Crippen molar-refractivity contribution in [2.45, 2.75) is 36.7 Å². The van der Waals surface area contributed by atoms with Gasteiger partial charge in [-0.1, -0.05) is 23.7 Å². The highest BCUT2D eigenvalue weighted by atomic mass is 35.5. The predicted octanol–water partition coefficient (Wildman–Crippen LogP) is 4.80. The van der Waals surface area contributed by atoms with Gasteiger partial charge in [-0.25, -0.2) is 12.8 Å². The van der Waals surface area contributed by atoms with Crippen LogP contribution in [-0.4, -0.2) is 67.2 Å². The Morgan fingerprint density at radius 1 is 1.11 bits per heavy atom. The summed E-state index contributed by atoms with van der Waals surface area (Å²) in [4.78, 5) is 18.7. The van der Waals surface area contributed by atoms with Crippen molar-refractivity contribution in [3.05, 3.63) is 86.8 Å². The Morgan fingerprint density at radius 3 is 2.62 bits per heavy atom. The lowest BCUT2D eigenvalue weighted by atomic mass is 9.93. The number of benzene rings is 2. The molecule has 0 radical (unpaired) electrons. The highest BCUT2D eigenvalue weighted by Crippen LogP contribution is 2.38. The molecular weight excluding hydrogens is 533 g/mol. The number of carbonyl (C=O) groups excluding carboxylic acids is 1. The fourth-order valence-corrected chi connectivity index (χ4v) is 7.98. The van der Waals surface area contributed by atoms with Crippen LogP contribution in [0.1, 0.15) is 35.4 Å². The first-order valence-electron chi connectivity index (χ1n) is 12.3. The van der Waals surface area contributed by atoms with Gasteiger partial charge < -0.3 is 4.90 Å². The van der Waals surface area contributed by atoms with E-state index < -0.39 is 10.0 Å². The van der Waals surface area contributed by atoms with Crippen LogP contribution in [0.4, 0.5) is 4.39 Å². The van der Waals surface area contributed by atoms with E-state index in [1.165, 1.54) is 32.9 Å². The zero-order valence-corrected chi connectivity index (χ0v) is 22.9. The molecule has 1 saturated heterocycles. The third-order valence-electron chi connectivity index (χ3n) is 7.18. The molecule has 5 rings (SSSR count). The average molecular weight is 562 g/mol. The lowest BCUT2D eigenvalue weighted by molar-refractivity contribution is -0.133. The van der Waals surface area contributed by atoms with Gasteiger partial charge in [-0.3, -0.25) is 9.69 Å². The molecular formula is C27H29ClFN3O3S2. The normalized spacial score (nSPS) is 21.1. The van der Waals surface area contributed by atoms with E-state index in [1.807, 2.05) is 13.0 Å². The fourth-order valence-electron chi connectivity index (χ4n) is 5.34. The largest absolute Gasteiger partial charge is 0.340 e. The molecule has 1 aromatic heterocycles. The van der Waals surface area contributed by atoms with Crippen molar-refractivity contribution in [1.82, 2.24) is 14.1 Å². The van der Waals surface area contributed by atoms with Crippen LogP contribution in [-0.2, 0) is 21.2 Å². The molecule has 6 nitrogen and oxygen atoms in total. The molecule has 0 N–H and O–H groups in total. The Bertz CT molecular complexity index is 1380. The van der Waals surface area contributed by atoms with Gasteiger partial charge in [-0.15, -0.1) is 11.3 Å². The van der Waals surface area contributed by atoms with Crippen molar-refractivity contribution in [3.63, 3.8) is 0 Å². The highest BCUT2D eigenvalue weighted by molar-refractivity contribution is 7.89. The van der Waals surface area contributed by atoms with Crippen LogP contribution in [0.2, 0.25) is 5.02 Å². The van der Waals surface area contributed by atoms with Gasteiger partial charge in [-0.05, 0) is 72.3 Å². The van der Waals surface area contributed by atoms with Crippen LogP contribution in [0, 0.1) is 5.82 Å². The quantitative estimate of drug-likeness (QED) is 0.434. The summed E-state index contributed by atoms with van der Waals surface area (Å²) in [6.07, 6.45) is 1.23. The maximum atomic E-state index is 14.1. The van der Waals surface area contributed by atoms with E-state index >= 15 is 0 Å². The van der Waals surface area contributed by atoms with Gasteiger partial charge in [0, 0.05) is 55.1 Å². The van der Waals surface area contributed by atoms with E-state index in [0.29, 0.717) is 31.1 Å². The number of sulfonamides is 1. The maximum absolute atomic E-state index is 14.1. The fraction of sp³-hybridized carbons (Fsp3) is 0.370. The summed E-state index contributed by atoms with van der Waals surface area (Å²) < 4.78 is 41.8. The molecule has 1 amide bonds. The van der Waals surface area contributed by atoms with Crippen molar-refractivity contribution in [2.24, 2.45) is 0 Å². The number of nitrogens with zero attached hydrogens (tertiary/aromatic N) is 3. The number of halogens is 2. The summed E-state index contributed by atoms with van der Waals surface area (Å²) in [6.45, 7) is 4.10. The molecule has 0 bridgehead atoms. The Morgan fingerprint density at radius 2 is 1.89 bits per heavy atom. The van der Waals surface area contributed by atoms with Gasteiger partial charge >= 0.3 is 0 Å². The number of hydrogen-bond donors (Lipinski definition) is 0. The molecule has 3 aromatic rings. The Hall–Kier alpha value is -2.30.